The summed E-state index contributed by atoms with van der Waals surface area (Å²) in [4.78, 5) is 17.1. The van der Waals surface area contributed by atoms with Crippen LogP contribution in [0.4, 0.5) is 0 Å². The second-order valence-corrected chi connectivity index (χ2v) is 7.02. The largest absolute Gasteiger partial charge is 0.465 e. The lowest BCUT2D eigenvalue weighted by Gasteiger charge is -2.44. The molecule has 1 heterocycles. The highest BCUT2D eigenvalue weighted by Crippen LogP contribution is 2.18. The van der Waals surface area contributed by atoms with Crippen LogP contribution in [0.5, 0.6) is 0 Å². The van der Waals surface area contributed by atoms with Crippen molar-refractivity contribution in [2.24, 2.45) is 0 Å². The quantitative estimate of drug-likeness (QED) is 0.750. The van der Waals surface area contributed by atoms with E-state index in [-0.39, 0.29) is 11.5 Å². The fourth-order valence-electron chi connectivity index (χ4n) is 2.90. The van der Waals surface area contributed by atoms with Gasteiger partial charge in [-0.05, 0) is 41.2 Å². The molecule has 124 valence electrons. The third kappa shape index (κ3) is 5.24. The van der Waals surface area contributed by atoms with Gasteiger partial charge in [-0.15, -0.1) is 0 Å². The molecule has 5 nitrogen and oxygen atoms in total. The van der Waals surface area contributed by atoms with Crippen molar-refractivity contribution in [3.8, 4) is 0 Å². The van der Waals surface area contributed by atoms with Crippen LogP contribution < -0.4 is 5.32 Å². The molecular weight excluding hydrogens is 266 g/mol. The second-order valence-electron chi connectivity index (χ2n) is 7.02. The van der Waals surface area contributed by atoms with Gasteiger partial charge in [-0.25, -0.2) is 0 Å². The van der Waals surface area contributed by atoms with Crippen LogP contribution in [0.25, 0.3) is 0 Å². The Kier molecular flexibility index (Phi) is 6.63. The average molecular weight is 299 g/mol. The zero-order valence-electron chi connectivity index (χ0n) is 14.7. The van der Waals surface area contributed by atoms with Gasteiger partial charge in [0.05, 0.1) is 6.61 Å². The van der Waals surface area contributed by atoms with Crippen LogP contribution in [0.1, 0.15) is 41.5 Å². The summed E-state index contributed by atoms with van der Waals surface area (Å²) in [6.07, 6.45) is 0. The van der Waals surface area contributed by atoms with E-state index in [0.717, 1.165) is 32.7 Å². The van der Waals surface area contributed by atoms with Gasteiger partial charge in [0.25, 0.3) is 0 Å². The minimum atomic E-state index is -0.616. The molecular formula is C16H33N3O2. The van der Waals surface area contributed by atoms with E-state index in [1.54, 1.807) is 0 Å². The number of nitrogens with one attached hydrogen (secondary N) is 1. The van der Waals surface area contributed by atoms with Crippen molar-refractivity contribution in [2.75, 3.05) is 45.9 Å². The molecule has 21 heavy (non-hydrogen) atoms. The van der Waals surface area contributed by atoms with E-state index in [0.29, 0.717) is 13.2 Å². The third-order valence-corrected chi connectivity index (χ3v) is 4.15. The van der Waals surface area contributed by atoms with E-state index in [1.165, 1.54) is 0 Å². The summed E-state index contributed by atoms with van der Waals surface area (Å²) in [5, 5.41) is 3.30. The Hall–Kier alpha value is -0.650. The van der Waals surface area contributed by atoms with E-state index in [4.69, 9.17) is 4.74 Å². The lowest BCUT2D eigenvalue weighted by Crippen LogP contribution is -2.61. The number of likely N-dealkylation sites (N-methyl/N-ethyl adjacent to an activating group) is 1. The van der Waals surface area contributed by atoms with Crippen LogP contribution in [0, 0.1) is 0 Å². The molecule has 1 rings (SSSR count). The maximum absolute atomic E-state index is 12.2. The summed E-state index contributed by atoms with van der Waals surface area (Å²) in [5.74, 6) is -0.148. The maximum atomic E-state index is 12.2. The van der Waals surface area contributed by atoms with Crippen LogP contribution in [0.3, 0.4) is 0 Å². The normalized spacial score (nSPS) is 21.0. The van der Waals surface area contributed by atoms with Crippen molar-refractivity contribution in [1.29, 1.82) is 0 Å². The zero-order valence-corrected chi connectivity index (χ0v) is 14.7. The minimum absolute atomic E-state index is 0.148. The highest BCUT2D eigenvalue weighted by atomic mass is 16.5. The van der Waals surface area contributed by atoms with Crippen LogP contribution in [0.2, 0.25) is 0 Å². The van der Waals surface area contributed by atoms with Gasteiger partial charge in [0.15, 0.2) is 0 Å². The van der Waals surface area contributed by atoms with Gasteiger partial charge in [0.1, 0.15) is 5.54 Å². The number of carbonyl (C=O) groups is 1. The highest BCUT2D eigenvalue weighted by Gasteiger charge is 2.37. The molecule has 0 radical (unpaired) electrons. The molecule has 0 aromatic carbocycles. The third-order valence-electron chi connectivity index (χ3n) is 4.15. The summed E-state index contributed by atoms with van der Waals surface area (Å²) in [6, 6.07) is 0. The van der Waals surface area contributed by atoms with Gasteiger partial charge in [-0.1, -0.05) is 6.92 Å². The van der Waals surface area contributed by atoms with Crippen molar-refractivity contribution >= 4 is 5.97 Å². The molecule has 1 saturated heterocycles. The fraction of sp³-hybridized carbons (Fsp3) is 0.938. The van der Waals surface area contributed by atoms with E-state index in [1.807, 2.05) is 20.8 Å². The molecule has 1 unspecified atom stereocenters. The molecule has 0 aromatic heterocycles. The van der Waals surface area contributed by atoms with E-state index >= 15 is 0 Å². The van der Waals surface area contributed by atoms with Gasteiger partial charge in [-0.2, -0.15) is 0 Å². The van der Waals surface area contributed by atoms with Gasteiger partial charge >= 0.3 is 5.97 Å². The number of piperazine rings is 1. The second kappa shape index (κ2) is 7.56. The Morgan fingerprint density at radius 2 is 1.67 bits per heavy atom. The predicted molar refractivity (Wildman–Crippen MR) is 86.5 cm³/mol. The average Bonchev–Trinajstić information content (AvgIpc) is 2.38. The lowest BCUT2D eigenvalue weighted by atomic mass is 10.00. The number of nitrogens with zero attached hydrogens (tertiary/aromatic N) is 2. The van der Waals surface area contributed by atoms with Crippen molar-refractivity contribution in [3.05, 3.63) is 0 Å². The number of esters is 1. The Labute approximate surface area is 130 Å². The Morgan fingerprint density at radius 1 is 1.10 bits per heavy atom. The molecule has 0 bridgehead atoms. The number of ether oxygens (including phenoxy) is 1. The summed E-state index contributed by atoms with van der Waals surface area (Å²) >= 11 is 0. The van der Waals surface area contributed by atoms with Crippen molar-refractivity contribution in [1.82, 2.24) is 15.1 Å². The molecule has 1 aliphatic heterocycles. The summed E-state index contributed by atoms with van der Waals surface area (Å²) in [6.45, 7) is 18.6. The smallest absolute Gasteiger partial charge is 0.327 e. The van der Waals surface area contributed by atoms with Crippen molar-refractivity contribution in [3.63, 3.8) is 0 Å². The molecule has 1 atom stereocenters. The maximum Gasteiger partial charge on any atom is 0.327 e. The van der Waals surface area contributed by atoms with E-state index in [2.05, 4.69) is 35.9 Å². The summed E-state index contributed by atoms with van der Waals surface area (Å²) in [5.41, 5.74) is -0.396. The van der Waals surface area contributed by atoms with Gasteiger partial charge in [-0.3, -0.25) is 14.6 Å². The van der Waals surface area contributed by atoms with Gasteiger partial charge < -0.3 is 10.1 Å². The zero-order chi connectivity index (χ0) is 16.1. The Bertz CT molecular complexity index is 333. The number of carbonyl (C=O) groups excluding carboxylic acids is 1. The molecule has 0 aliphatic carbocycles. The first-order valence-electron chi connectivity index (χ1n) is 8.12. The molecule has 1 N–H and O–H groups in total. The van der Waals surface area contributed by atoms with Gasteiger partial charge in [0.2, 0.25) is 0 Å². The van der Waals surface area contributed by atoms with Crippen molar-refractivity contribution < 1.29 is 9.53 Å². The molecule has 0 aromatic rings. The van der Waals surface area contributed by atoms with Crippen LogP contribution in [-0.2, 0) is 9.53 Å². The highest BCUT2D eigenvalue weighted by molar-refractivity contribution is 5.80. The van der Waals surface area contributed by atoms with E-state index in [9.17, 15) is 4.79 Å². The first-order chi connectivity index (χ1) is 9.73. The van der Waals surface area contributed by atoms with Gasteiger partial charge in [0, 0.05) is 38.3 Å². The number of rotatable bonds is 6. The van der Waals surface area contributed by atoms with Crippen LogP contribution in [-0.4, -0.2) is 72.7 Å². The number of hydrogen-bond acceptors (Lipinski definition) is 5. The Morgan fingerprint density at radius 3 is 2.10 bits per heavy atom. The minimum Gasteiger partial charge on any atom is -0.465 e. The standard InChI is InChI=1S/C16H33N3O2/c1-7-17-16(6,14(20)21-8-2)13-18-9-11-19(12-10-18)15(3,4)5/h17H,7-13H2,1-6H3. The lowest BCUT2D eigenvalue weighted by molar-refractivity contribution is -0.151. The van der Waals surface area contributed by atoms with Crippen LogP contribution >= 0.6 is 0 Å². The topological polar surface area (TPSA) is 44.8 Å². The first kappa shape index (κ1) is 18.4. The molecule has 5 heteroatoms. The molecule has 1 aliphatic rings. The number of hydrogen-bond donors (Lipinski definition) is 1. The van der Waals surface area contributed by atoms with Crippen molar-refractivity contribution in [2.45, 2.75) is 52.6 Å². The molecule has 1 fully saturated rings. The monoisotopic (exact) mass is 299 g/mol. The molecule has 0 amide bonds. The molecule has 0 spiro atoms. The fourth-order valence-corrected chi connectivity index (χ4v) is 2.90. The van der Waals surface area contributed by atoms with Crippen LogP contribution in [0.15, 0.2) is 0 Å². The molecule has 0 saturated carbocycles. The SMILES string of the molecule is CCNC(C)(CN1CCN(C(C)(C)C)CC1)C(=O)OCC. The summed E-state index contributed by atoms with van der Waals surface area (Å²) in [7, 11) is 0. The summed E-state index contributed by atoms with van der Waals surface area (Å²) < 4.78 is 5.24. The predicted octanol–water partition coefficient (Wildman–Crippen LogP) is 1.33. The Balaban J connectivity index is 2.60. The first-order valence-corrected chi connectivity index (χ1v) is 8.12. The van der Waals surface area contributed by atoms with E-state index < -0.39 is 5.54 Å².